The van der Waals surface area contributed by atoms with Gasteiger partial charge in [0, 0.05) is 71.2 Å². The minimum absolute atomic E-state index is 0.0167. The lowest BCUT2D eigenvalue weighted by atomic mass is 10.0. The molecule has 2 aromatic carbocycles. The molecule has 2 N–H and O–H groups in total. The Balaban J connectivity index is 1.43. The van der Waals surface area contributed by atoms with Gasteiger partial charge in [0.25, 0.3) is 5.91 Å². The van der Waals surface area contributed by atoms with E-state index >= 15 is 0 Å². The van der Waals surface area contributed by atoms with Crippen molar-refractivity contribution in [3.63, 3.8) is 0 Å². The number of rotatable bonds is 10. The van der Waals surface area contributed by atoms with Crippen LogP contribution in [0.3, 0.4) is 0 Å². The van der Waals surface area contributed by atoms with Crippen LogP contribution in [0.1, 0.15) is 29.4 Å². The van der Waals surface area contributed by atoms with Crippen molar-refractivity contribution in [1.29, 1.82) is 0 Å². The molecule has 2 saturated heterocycles. The summed E-state index contributed by atoms with van der Waals surface area (Å²) in [5.74, 6) is -0.345. The Morgan fingerprint density at radius 3 is 2.30 bits per heavy atom. The first kappa shape index (κ1) is 32.8. The van der Waals surface area contributed by atoms with Gasteiger partial charge in [0.2, 0.25) is 20.0 Å². The van der Waals surface area contributed by atoms with E-state index in [4.69, 9.17) is 0 Å². The molecule has 1 unspecified atom stereocenters. The fourth-order valence-corrected chi connectivity index (χ4v) is 8.77. The van der Waals surface area contributed by atoms with Crippen LogP contribution in [0.5, 0.6) is 0 Å². The highest BCUT2D eigenvalue weighted by molar-refractivity contribution is 7.89. The number of hydrogen-bond donors (Lipinski definition) is 2. The lowest BCUT2D eigenvalue weighted by Gasteiger charge is -2.33. The normalized spacial score (nSPS) is 18.0. The van der Waals surface area contributed by atoms with E-state index in [0.29, 0.717) is 50.3 Å². The van der Waals surface area contributed by atoms with E-state index in [0.717, 1.165) is 0 Å². The Bertz CT molecular complexity index is 2000. The van der Waals surface area contributed by atoms with Crippen LogP contribution in [-0.4, -0.2) is 96.7 Å². The molecule has 47 heavy (non-hydrogen) atoms. The summed E-state index contributed by atoms with van der Waals surface area (Å²) in [5.41, 5.74) is 0.649. The van der Waals surface area contributed by atoms with Crippen molar-refractivity contribution in [2.24, 2.45) is 7.05 Å². The molecule has 1 atom stereocenters. The zero-order chi connectivity index (χ0) is 33.2. The number of carbonyl (C=O) groups is 1. The standard InChI is InChI=1S/C31H38N8O6S2/c1-35-23-27(21-33-35)47(44,45)37-17-8-11-25(22-37)39-28(24-9-4-2-5-10-24)29(30(40)36-18-14-32-15-19-36)38(31(39)41)20-16-34-46(42,43)26-12-6-3-7-13-26/h2-7,9-10,12-13,21,23,25,32,34H,8,11,14-20,22H2,1H3. The molecule has 0 aliphatic carbocycles. The van der Waals surface area contributed by atoms with Crippen LogP contribution in [0, 0.1) is 0 Å². The molecule has 0 spiro atoms. The molecule has 2 fully saturated rings. The number of sulfonamides is 2. The third-order valence-electron chi connectivity index (χ3n) is 8.55. The molecule has 6 rings (SSSR count). The van der Waals surface area contributed by atoms with E-state index in [2.05, 4.69) is 15.1 Å². The molecule has 1 amide bonds. The molecule has 0 radical (unpaired) electrons. The van der Waals surface area contributed by atoms with Gasteiger partial charge in [-0.05, 0) is 25.0 Å². The van der Waals surface area contributed by atoms with E-state index in [9.17, 15) is 26.4 Å². The Morgan fingerprint density at radius 1 is 0.957 bits per heavy atom. The topological polar surface area (TPSA) is 161 Å². The largest absolute Gasteiger partial charge is 0.335 e. The summed E-state index contributed by atoms with van der Waals surface area (Å²) in [6, 6.07) is 16.4. The fraction of sp³-hybridized carbons (Fsp3) is 0.387. The number of hydrogen-bond acceptors (Lipinski definition) is 8. The monoisotopic (exact) mass is 682 g/mol. The van der Waals surface area contributed by atoms with E-state index in [1.54, 1.807) is 34.7 Å². The highest BCUT2D eigenvalue weighted by Gasteiger charge is 2.37. The highest BCUT2D eigenvalue weighted by atomic mass is 32.2. The molecule has 16 heteroatoms. The second-order valence-electron chi connectivity index (χ2n) is 11.6. The van der Waals surface area contributed by atoms with Crippen molar-refractivity contribution < 1.29 is 21.6 Å². The second-order valence-corrected chi connectivity index (χ2v) is 15.3. The van der Waals surface area contributed by atoms with Crippen molar-refractivity contribution in [2.75, 3.05) is 45.8 Å². The van der Waals surface area contributed by atoms with Gasteiger partial charge in [-0.25, -0.2) is 26.4 Å². The molecular formula is C31H38N8O6S2. The summed E-state index contributed by atoms with van der Waals surface area (Å²) in [7, 11) is -6.13. The van der Waals surface area contributed by atoms with Crippen molar-refractivity contribution in [3.8, 4) is 11.3 Å². The van der Waals surface area contributed by atoms with Gasteiger partial charge < -0.3 is 10.2 Å². The predicted octanol–water partition coefficient (Wildman–Crippen LogP) is 1.10. The maximum Gasteiger partial charge on any atom is 0.329 e. The lowest BCUT2D eigenvalue weighted by Crippen LogP contribution is -2.47. The van der Waals surface area contributed by atoms with Gasteiger partial charge in [0.05, 0.1) is 22.8 Å². The zero-order valence-electron chi connectivity index (χ0n) is 26.0. The summed E-state index contributed by atoms with van der Waals surface area (Å²) in [6.45, 7) is 2.09. The van der Waals surface area contributed by atoms with Crippen molar-refractivity contribution in [2.45, 2.75) is 35.2 Å². The third kappa shape index (κ3) is 6.69. The molecule has 0 saturated carbocycles. The molecule has 4 heterocycles. The summed E-state index contributed by atoms with van der Waals surface area (Å²) >= 11 is 0. The minimum Gasteiger partial charge on any atom is -0.335 e. The lowest BCUT2D eigenvalue weighted by molar-refractivity contribution is 0.0725. The SMILES string of the molecule is Cn1cc(S(=O)(=O)N2CCCC(n3c(-c4ccccc4)c(C(=O)N4CCNCC4)n(CCNS(=O)(=O)c4ccccc4)c3=O)C2)cn1. The number of aryl methyl sites for hydroxylation is 1. The fourth-order valence-electron chi connectivity index (χ4n) is 6.22. The van der Waals surface area contributed by atoms with Gasteiger partial charge in [0.1, 0.15) is 10.6 Å². The van der Waals surface area contributed by atoms with Crippen molar-refractivity contribution in [3.05, 3.63) is 89.2 Å². The van der Waals surface area contributed by atoms with E-state index in [-0.39, 0.29) is 47.6 Å². The zero-order valence-corrected chi connectivity index (χ0v) is 27.7. The van der Waals surface area contributed by atoms with Crippen LogP contribution in [0.25, 0.3) is 11.3 Å². The number of nitrogens with zero attached hydrogens (tertiary/aromatic N) is 6. The average Bonchev–Trinajstić information content (AvgIpc) is 3.67. The smallest absolute Gasteiger partial charge is 0.329 e. The molecule has 2 aromatic heterocycles. The number of piperidine rings is 1. The van der Waals surface area contributed by atoms with Gasteiger partial charge >= 0.3 is 5.69 Å². The number of amides is 1. The van der Waals surface area contributed by atoms with Crippen LogP contribution in [0.15, 0.2) is 87.6 Å². The number of nitrogens with one attached hydrogen (secondary N) is 2. The highest BCUT2D eigenvalue weighted by Crippen LogP contribution is 2.32. The van der Waals surface area contributed by atoms with Crippen molar-refractivity contribution in [1.82, 2.24) is 38.2 Å². The van der Waals surface area contributed by atoms with Crippen molar-refractivity contribution >= 4 is 26.0 Å². The Kier molecular flexibility index (Phi) is 9.48. The first-order valence-electron chi connectivity index (χ1n) is 15.5. The van der Waals surface area contributed by atoms with Crippen LogP contribution >= 0.6 is 0 Å². The minimum atomic E-state index is -3.90. The first-order chi connectivity index (χ1) is 22.6. The first-order valence-corrected chi connectivity index (χ1v) is 18.4. The molecule has 14 nitrogen and oxygen atoms in total. The van der Waals surface area contributed by atoms with E-state index in [1.165, 1.54) is 38.1 Å². The Morgan fingerprint density at radius 2 is 1.64 bits per heavy atom. The number of imidazole rings is 1. The van der Waals surface area contributed by atoms with Gasteiger partial charge in [0.15, 0.2) is 0 Å². The van der Waals surface area contributed by atoms with Gasteiger partial charge in [-0.1, -0.05) is 48.5 Å². The maximum absolute atomic E-state index is 14.5. The van der Waals surface area contributed by atoms with Crippen LogP contribution < -0.4 is 15.7 Å². The molecule has 4 aromatic rings. The van der Waals surface area contributed by atoms with E-state index < -0.39 is 31.8 Å². The van der Waals surface area contributed by atoms with E-state index in [1.807, 2.05) is 30.3 Å². The van der Waals surface area contributed by atoms with Gasteiger partial charge in [-0.2, -0.15) is 9.40 Å². The maximum atomic E-state index is 14.5. The average molecular weight is 683 g/mol. The van der Waals surface area contributed by atoms with Crippen LogP contribution in [0.4, 0.5) is 0 Å². The number of piperazine rings is 1. The molecular weight excluding hydrogens is 645 g/mol. The molecule has 2 aliphatic heterocycles. The summed E-state index contributed by atoms with van der Waals surface area (Å²) in [4.78, 5) is 30.7. The Hall–Kier alpha value is -4.09. The summed E-state index contributed by atoms with van der Waals surface area (Å²) in [5, 5.41) is 7.26. The number of carbonyl (C=O) groups excluding carboxylic acids is 1. The summed E-state index contributed by atoms with van der Waals surface area (Å²) in [6.07, 6.45) is 3.74. The molecule has 0 bridgehead atoms. The second kappa shape index (κ2) is 13.6. The van der Waals surface area contributed by atoms with Crippen LogP contribution in [-0.2, 0) is 33.6 Å². The number of benzene rings is 2. The van der Waals surface area contributed by atoms with Crippen LogP contribution in [0.2, 0.25) is 0 Å². The predicted molar refractivity (Wildman–Crippen MR) is 175 cm³/mol. The third-order valence-corrected chi connectivity index (χ3v) is 11.8. The van der Waals surface area contributed by atoms with Gasteiger partial charge in [-0.15, -0.1) is 0 Å². The molecule has 250 valence electrons. The quantitative estimate of drug-likeness (QED) is 0.252. The van der Waals surface area contributed by atoms with Gasteiger partial charge in [-0.3, -0.25) is 18.6 Å². The molecule has 2 aliphatic rings. The summed E-state index contributed by atoms with van der Waals surface area (Å²) < 4.78 is 61.5. The Labute approximate surface area is 273 Å². The number of aromatic nitrogens is 4.